The van der Waals surface area contributed by atoms with Gasteiger partial charge in [-0.25, -0.2) is 4.79 Å². The number of carboxylic acids is 1. The van der Waals surface area contributed by atoms with Crippen LogP contribution in [0.4, 0.5) is 0 Å². The Labute approximate surface area is 124 Å². The number of Topliss-reactive ketones (excluding diaryl/α,β-unsaturated/α-hetero) is 1. The van der Waals surface area contributed by atoms with Crippen LogP contribution in [0.25, 0.3) is 6.08 Å². The zero-order valence-corrected chi connectivity index (χ0v) is 12.6. The predicted octanol–water partition coefficient (Wildman–Crippen LogP) is 3.79. The van der Waals surface area contributed by atoms with E-state index in [4.69, 9.17) is 5.11 Å². The van der Waals surface area contributed by atoms with Crippen molar-refractivity contribution in [2.75, 3.05) is 0 Å². The summed E-state index contributed by atoms with van der Waals surface area (Å²) in [6, 6.07) is 6.70. The van der Waals surface area contributed by atoms with Crippen LogP contribution in [-0.2, 0) is 4.79 Å². The lowest BCUT2D eigenvalue weighted by Gasteiger charge is -2.31. The van der Waals surface area contributed by atoms with E-state index in [1.165, 1.54) is 0 Å². The van der Waals surface area contributed by atoms with Gasteiger partial charge in [-0.2, -0.15) is 0 Å². The molecule has 2 aliphatic rings. The molecule has 2 atom stereocenters. The Balaban J connectivity index is 1.98. The fraction of sp³-hybridized carbons (Fsp3) is 0.444. The van der Waals surface area contributed by atoms with Gasteiger partial charge in [-0.15, -0.1) is 0 Å². The first-order chi connectivity index (χ1) is 9.77. The fourth-order valence-corrected chi connectivity index (χ4v) is 4.00. The van der Waals surface area contributed by atoms with Gasteiger partial charge < -0.3 is 5.11 Å². The molecule has 0 aromatic heterocycles. The number of hydrogen-bond acceptors (Lipinski definition) is 2. The molecule has 3 heteroatoms. The van der Waals surface area contributed by atoms with Crippen LogP contribution in [0.5, 0.6) is 0 Å². The van der Waals surface area contributed by atoms with E-state index >= 15 is 0 Å². The van der Waals surface area contributed by atoms with Crippen LogP contribution < -0.4 is 0 Å². The van der Waals surface area contributed by atoms with Crippen LogP contribution in [0, 0.1) is 16.7 Å². The van der Waals surface area contributed by atoms with E-state index < -0.39 is 5.97 Å². The van der Waals surface area contributed by atoms with Crippen LogP contribution in [-0.4, -0.2) is 16.9 Å². The smallest absolute Gasteiger partial charge is 0.335 e. The number of carbonyl (C=O) groups is 2. The van der Waals surface area contributed by atoms with Crippen molar-refractivity contribution < 1.29 is 14.7 Å². The van der Waals surface area contributed by atoms with Crippen molar-refractivity contribution in [1.82, 2.24) is 0 Å². The van der Waals surface area contributed by atoms with E-state index in [1.807, 2.05) is 6.08 Å². The lowest BCUT2D eigenvalue weighted by molar-refractivity contribution is -0.125. The van der Waals surface area contributed by atoms with Crippen molar-refractivity contribution in [2.24, 2.45) is 16.7 Å². The molecule has 1 N–H and O–H groups in total. The topological polar surface area (TPSA) is 54.4 Å². The maximum Gasteiger partial charge on any atom is 0.335 e. The van der Waals surface area contributed by atoms with Crippen LogP contribution >= 0.6 is 0 Å². The molecule has 0 amide bonds. The van der Waals surface area contributed by atoms with Gasteiger partial charge in [0.2, 0.25) is 0 Å². The number of hydrogen-bond donors (Lipinski definition) is 1. The molecule has 0 heterocycles. The highest BCUT2D eigenvalue weighted by atomic mass is 16.4. The van der Waals surface area contributed by atoms with Crippen molar-refractivity contribution in [1.29, 1.82) is 0 Å². The molecule has 2 unspecified atom stereocenters. The Bertz CT molecular complexity index is 652. The van der Waals surface area contributed by atoms with E-state index in [0.717, 1.165) is 24.0 Å². The van der Waals surface area contributed by atoms with Crippen LogP contribution in [0.3, 0.4) is 0 Å². The average Bonchev–Trinajstić information content (AvgIpc) is 2.74. The minimum Gasteiger partial charge on any atom is -0.478 e. The first-order valence-corrected chi connectivity index (χ1v) is 7.37. The molecule has 2 aliphatic carbocycles. The summed E-state index contributed by atoms with van der Waals surface area (Å²) in [5.41, 5.74) is 1.84. The third-order valence-electron chi connectivity index (χ3n) is 5.84. The van der Waals surface area contributed by atoms with Gasteiger partial charge in [-0.3, -0.25) is 4.79 Å². The zero-order valence-electron chi connectivity index (χ0n) is 12.6. The molecule has 0 aliphatic heterocycles. The van der Waals surface area contributed by atoms with E-state index in [2.05, 4.69) is 20.8 Å². The van der Waals surface area contributed by atoms with Gasteiger partial charge in [0.15, 0.2) is 5.78 Å². The number of carboxylic acid groups (broad SMARTS) is 1. The van der Waals surface area contributed by atoms with Crippen molar-refractivity contribution in [3.8, 4) is 0 Å². The number of ketones is 1. The van der Waals surface area contributed by atoms with Gasteiger partial charge in [0.1, 0.15) is 0 Å². The van der Waals surface area contributed by atoms with Gasteiger partial charge in [0.25, 0.3) is 0 Å². The minimum absolute atomic E-state index is 0.0108. The third kappa shape index (κ3) is 1.80. The summed E-state index contributed by atoms with van der Waals surface area (Å²) in [6.07, 6.45) is 3.98. The van der Waals surface area contributed by atoms with Crippen molar-refractivity contribution in [3.05, 3.63) is 41.0 Å². The summed E-state index contributed by atoms with van der Waals surface area (Å²) in [5, 5.41) is 8.92. The normalized spacial score (nSPS) is 31.9. The minimum atomic E-state index is -0.932. The molecule has 1 aromatic carbocycles. The average molecular weight is 284 g/mol. The maximum atomic E-state index is 12.7. The molecule has 0 saturated heterocycles. The second-order valence-corrected chi connectivity index (χ2v) is 7.00. The second kappa shape index (κ2) is 4.30. The Morgan fingerprint density at radius 3 is 2.33 bits per heavy atom. The van der Waals surface area contributed by atoms with Crippen LogP contribution in [0.1, 0.15) is 49.5 Å². The molecule has 0 radical (unpaired) electrons. The highest BCUT2D eigenvalue weighted by molar-refractivity contribution is 6.08. The molecule has 2 fully saturated rings. The number of carbonyl (C=O) groups excluding carboxylic acids is 1. The largest absolute Gasteiger partial charge is 0.478 e. The lowest BCUT2D eigenvalue weighted by atomic mass is 9.70. The van der Waals surface area contributed by atoms with Crippen molar-refractivity contribution in [2.45, 2.75) is 33.6 Å². The Hall–Kier alpha value is -1.90. The van der Waals surface area contributed by atoms with Gasteiger partial charge in [0.05, 0.1) is 5.56 Å². The van der Waals surface area contributed by atoms with Gasteiger partial charge in [-0.1, -0.05) is 32.9 Å². The lowest BCUT2D eigenvalue weighted by Crippen LogP contribution is -2.32. The summed E-state index contributed by atoms with van der Waals surface area (Å²) >= 11 is 0. The second-order valence-electron chi connectivity index (χ2n) is 7.00. The molecular weight excluding hydrogens is 264 g/mol. The number of benzene rings is 1. The van der Waals surface area contributed by atoms with E-state index in [1.54, 1.807) is 24.3 Å². The molecule has 110 valence electrons. The standard InChI is InChI=1S/C18H20O3/c1-17(2)14-8-9-18(17,3)15(19)13(14)10-11-4-6-12(7-5-11)16(20)21/h4-7,10,14H,8-9H2,1-3H3,(H,20,21). The quantitative estimate of drug-likeness (QED) is 0.840. The van der Waals surface area contributed by atoms with Crippen molar-refractivity contribution in [3.63, 3.8) is 0 Å². The molecule has 3 nitrogen and oxygen atoms in total. The number of fused-ring (bicyclic) bond motifs is 2. The van der Waals surface area contributed by atoms with Gasteiger partial charge >= 0.3 is 5.97 Å². The monoisotopic (exact) mass is 284 g/mol. The highest BCUT2D eigenvalue weighted by Crippen LogP contribution is 2.65. The van der Waals surface area contributed by atoms with E-state index in [9.17, 15) is 9.59 Å². The first-order valence-electron chi connectivity index (χ1n) is 7.37. The Kier molecular flexibility index (Phi) is 2.88. The van der Waals surface area contributed by atoms with Gasteiger partial charge in [-0.05, 0) is 53.5 Å². The third-order valence-corrected chi connectivity index (χ3v) is 5.84. The summed E-state index contributed by atoms with van der Waals surface area (Å²) in [7, 11) is 0. The van der Waals surface area contributed by atoms with E-state index in [-0.39, 0.29) is 22.2 Å². The summed E-state index contributed by atoms with van der Waals surface area (Å²) in [4.78, 5) is 23.6. The number of rotatable bonds is 2. The summed E-state index contributed by atoms with van der Waals surface area (Å²) < 4.78 is 0. The zero-order chi connectivity index (χ0) is 15.4. The maximum absolute atomic E-state index is 12.7. The summed E-state index contributed by atoms with van der Waals surface area (Å²) in [6.45, 7) is 6.47. The van der Waals surface area contributed by atoms with Crippen LogP contribution in [0.2, 0.25) is 0 Å². The molecule has 3 rings (SSSR count). The SMILES string of the molecule is CC12CCC(C(=Cc3ccc(C(=O)O)cc3)C1=O)C2(C)C. The molecule has 2 bridgehead atoms. The van der Waals surface area contributed by atoms with Crippen molar-refractivity contribution >= 4 is 17.8 Å². The van der Waals surface area contributed by atoms with E-state index in [0.29, 0.717) is 5.92 Å². The molecule has 21 heavy (non-hydrogen) atoms. The molecule has 0 spiro atoms. The molecule has 2 saturated carbocycles. The number of aromatic carboxylic acids is 1. The predicted molar refractivity (Wildman–Crippen MR) is 81.0 cm³/mol. The first kappa shape index (κ1) is 14.1. The fourth-order valence-electron chi connectivity index (χ4n) is 4.00. The molecular formula is C18H20O3. The number of allylic oxidation sites excluding steroid dienone is 1. The Morgan fingerprint density at radius 2 is 1.86 bits per heavy atom. The Morgan fingerprint density at radius 1 is 1.24 bits per heavy atom. The highest BCUT2D eigenvalue weighted by Gasteiger charge is 2.63. The molecule has 1 aromatic rings. The van der Waals surface area contributed by atoms with Gasteiger partial charge in [0, 0.05) is 5.41 Å². The van der Waals surface area contributed by atoms with Crippen LogP contribution in [0.15, 0.2) is 29.8 Å². The summed E-state index contributed by atoms with van der Waals surface area (Å²) in [5.74, 6) is -0.348.